The third-order valence-electron chi connectivity index (χ3n) is 5.05. The second-order valence-corrected chi connectivity index (χ2v) is 6.26. The van der Waals surface area contributed by atoms with E-state index in [-0.39, 0.29) is 0 Å². The van der Waals surface area contributed by atoms with Crippen LogP contribution in [0.15, 0.2) is 30.3 Å². The number of methoxy groups -OCH3 is 1. The summed E-state index contributed by atoms with van der Waals surface area (Å²) in [4.78, 5) is 0. The number of fused-ring (bicyclic) bond motifs is 2. The van der Waals surface area contributed by atoms with Gasteiger partial charge in [-0.3, -0.25) is 0 Å². The van der Waals surface area contributed by atoms with Crippen molar-refractivity contribution in [3.63, 3.8) is 0 Å². The Morgan fingerprint density at radius 2 is 2.05 bits per heavy atom. The van der Waals surface area contributed by atoms with Crippen LogP contribution in [0.4, 0.5) is 0 Å². The van der Waals surface area contributed by atoms with E-state index in [1.165, 1.54) is 31.2 Å². The fourth-order valence-corrected chi connectivity index (χ4v) is 4.05. The van der Waals surface area contributed by atoms with Crippen LogP contribution in [0.25, 0.3) is 0 Å². The molecule has 1 aromatic carbocycles. The molecule has 0 aliphatic heterocycles. The number of hydrogen-bond acceptors (Lipinski definition) is 2. The lowest BCUT2D eigenvalue weighted by Crippen LogP contribution is -2.32. The quantitative estimate of drug-likeness (QED) is 0.845. The number of ether oxygens (including phenoxy) is 1. The third-order valence-corrected chi connectivity index (χ3v) is 5.05. The second-order valence-electron chi connectivity index (χ2n) is 6.26. The van der Waals surface area contributed by atoms with Crippen molar-refractivity contribution in [3.8, 4) is 0 Å². The van der Waals surface area contributed by atoms with Gasteiger partial charge in [0.25, 0.3) is 0 Å². The standard InChI is InChI=1S/C17H25NO/c1-19-12-17(14-5-3-2-4-6-14)18-11-16-10-13-7-8-15(16)9-13/h2-6,13,15-18H,7-12H2,1H3. The van der Waals surface area contributed by atoms with Gasteiger partial charge in [0.2, 0.25) is 0 Å². The Bertz CT molecular complexity index is 392. The second kappa shape index (κ2) is 6.06. The number of nitrogens with one attached hydrogen (secondary N) is 1. The van der Waals surface area contributed by atoms with Crippen LogP contribution in [0.2, 0.25) is 0 Å². The van der Waals surface area contributed by atoms with Crippen molar-refractivity contribution in [1.29, 1.82) is 0 Å². The summed E-state index contributed by atoms with van der Waals surface area (Å²) in [5.74, 6) is 2.94. The molecule has 4 atom stereocenters. The molecule has 0 spiro atoms. The molecule has 2 fully saturated rings. The molecule has 1 N–H and O–H groups in total. The molecule has 4 unspecified atom stereocenters. The summed E-state index contributed by atoms with van der Waals surface area (Å²) < 4.78 is 5.37. The van der Waals surface area contributed by atoms with Crippen LogP contribution < -0.4 is 5.32 Å². The minimum atomic E-state index is 0.338. The summed E-state index contributed by atoms with van der Waals surface area (Å²) in [6.07, 6.45) is 5.90. The minimum absolute atomic E-state index is 0.338. The van der Waals surface area contributed by atoms with Gasteiger partial charge in [-0.25, -0.2) is 0 Å². The maximum atomic E-state index is 5.37. The molecule has 3 rings (SSSR count). The van der Waals surface area contributed by atoms with Crippen molar-refractivity contribution < 1.29 is 4.74 Å². The van der Waals surface area contributed by atoms with E-state index in [0.717, 1.165) is 30.9 Å². The number of rotatable bonds is 6. The molecule has 0 amide bonds. The topological polar surface area (TPSA) is 21.3 Å². The van der Waals surface area contributed by atoms with Crippen molar-refractivity contribution in [2.45, 2.75) is 31.7 Å². The molecule has 2 heteroatoms. The zero-order chi connectivity index (χ0) is 13.1. The molecule has 19 heavy (non-hydrogen) atoms. The molecule has 0 heterocycles. The van der Waals surface area contributed by atoms with Crippen LogP contribution in [0.5, 0.6) is 0 Å². The van der Waals surface area contributed by atoms with Gasteiger partial charge in [0, 0.05) is 7.11 Å². The van der Waals surface area contributed by atoms with Crippen molar-refractivity contribution in [2.24, 2.45) is 17.8 Å². The van der Waals surface area contributed by atoms with Gasteiger partial charge in [-0.2, -0.15) is 0 Å². The van der Waals surface area contributed by atoms with Crippen molar-refractivity contribution in [1.82, 2.24) is 5.32 Å². The lowest BCUT2D eigenvalue weighted by Gasteiger charge is -2.25. The van der Waals surface area contributed by atoms with Crippen LogP contribution in [-0.4, -0.2) is 20.3 Å². The highest BCUT2D eigenvalue weighted by molar-refractivity contribution is 5.19. The lowest BCUT2D eigenvalue weighted by atomic mass is 9.88. The number of benzene rings is 1. The molecule has 2 nitrogen and oxygen atoms in total. The van der Waals surface area contributed by atoms with Crippen LogP contribution >= 0.6 is 0 Å². The molecule has 1 aromatic rings. The summed E-state index contributed by atoms with van der Waals surface area (Å²) >= 11 is 0. The molecule has 0 aromatic heterocycles. The smallest absolute Gasteiger partial charge is 0.0657 e. The molecule has 0 saturated heterocycles. The highest BCUT2D eigenvalue weighted by atomic mass is 16.5. The first-order valence-electron chi connectivity index (χ1n) is 7.64. The van der Waals surface area contributed by atoms with E-state index in [0.29, 0.717) is 6.04 Å². The SMILES string of the molecule is COCC(NCC1CC2CCC1C2)c1ccccc1. The molecule has 104 valence electrons. The molecular formula is C17H25NO. The van der Waals surface area contributed by atoms with Gasteiger partial charge in [-0.1, -0.05) is 36.8 Å². The Morgan fingerprint density at radius 1 is 1.21 bits per heavy atom. The van der Waals surface area contributed by atoms with Crippen LogP contribution in [0.1, 0.15) is 37.3 Å². The molecule has 2 bridgehead atoms. The average molecular weight is 259 g/mol. The van der Waals surface area contributed by atoms with Gasteiger partial charge in [-0.15, -0.1) is 0 Å². The molecule has 2 saturated carbocycles. The maximum absolute atomic E-state index is 5.37. The van der Waals surface area contributed by atoms with E-state index in [1.54, 1.807) is 7.11 Å². The Morgan fingerprint density at radius 3 is 2.68 bits per heavy atom. The van der Waals surface area contributed by atoms with Crippen LogP contribution in [-0.2, 0) is 4.74 Å². The summed E-state index contributed by atoms with van der Waals surface area (Å²) in [5, 5.41) is 3.74. The summed E-state index contributed by atoms with van der Waals surface area (Å²) in [7, 11) is 1.79. The lowest BCUT2D eigenvalue weighted by molar-refractivity contribution is 0.161. The highest BCUT2D eigenvalue weighted by Gasteiger charge is 2.39. The monoisotopic (exact) mass is 259 g/mol. The Kier molecular flexibility index (Phi) is 4.19. The van der Waals surface area contributed by atoms with Crippen molar-refractivity contribution >= 4 is 0 Å². The van der Waals surface area contributed by atoms with Crippen LogP contribution in [0, 0.1) is 17.8 Å². The average Bonchev–Trinajstić information content (AvgIpc) is 3.07. The first kappa shape index (κ1) is 13.1. The van der Waals surface area contributed by atoms with E-state index in [9.17, 15) is 0 Å². The van der Waals surface area contributed by atoms with E-state index < -0.39 is 0 Å². The van der Waals surface area contributed by atoms with Gasteiger partial charge < -0.3 is 10.1 Å². The number of hydrogen-bond donors (Lipinski definition) is 1. The van der Waals surface area contributed by atoms with E-state index >= 15 is 0 Å². The highest BCUT2D eigenvalue weighted by Crippen LogP contribution is 2.48. The van der Waals surface area contributed by atoms with E-state index in [2.05, 4.69) is 35.6 Å². The van der Waals surface area contributed by atoms with Gasteiger partial charge in [0.1, 0.15) is 0 Å². The first-order valence-corrected chi connectivity index (χ1v) is 7.64. The van der Waals surface area contributed by atoms with Crippen LogP contribution in [0.3, 0.4) is 0 Å². The Labute approximate surface area is 116 Å². The van der Waals surface area contributed by atoms with Gasteiger partial charge in [0.15, 0.2) is 0 Å². The Hall–Kier alpha value is -0.860. The predicted octanol–water partition coefficient (Wildman–Crippen LogP) is 3.40. The predicted molar refractivity (Wildman–Crippen MR) is 78.0 cm³/mol. The maximum Gasteiger partial charge on any atom is 0.0657 e. The minimum Gasteiger partial charge on any atom is -0.383 e. The van der Waals surface area contributed by atoms with Gasteiger partial charge in [-0.05, 0) is 49.1 Å². The largest absolute Gasteiger partial charge is 0.383 e. The van der Waals surface area contributed by atoms with Crippen molar-refractivity contribution in [3.05, 3.63) is 35.9 Å². The molecule has 2 aliphatic rings. The molecule has 2 aliphatic carbocycles. The van der Waals surface area contributed by atoms with Crippen molar-refractivity contribution in [2.75, 3.05) is 20.3 Å². The van der Waals surface area contributed by atoms with Gasteiger partial charge >= 0.3 is 0 Å². The normalized spacial score (nSPS) is 30.7. The van der Waals surface area contributed by atoms with E-state index in [4.69, 9.17) is 4.74 Å². The first-order chi connectivity index (χ1) is 9.36. The zero-order valence-electron chi connectivity index (χ0n) is 11.8. The Balaban J connectivity index is 1.56. The third kappa shape index (κ3) is 3.01. The summed E-state index contributed by atoms with van der Waals surface area (Å²) in [6, 6.07) is 11.0. The fraction of sp³-hybridized carbons (Fsp3) is 0.647. The van der Waals surface area contributed by atoms with Gasteiger partial charge in [0.05, 0.1) is 12.6 Å². The molecule has 0 radical (unpaired) electrons. The fourth-order valence-electron chi connectivity index (χ4n) is 4.05. The molecular weight excluding hydrogens is 234 g/mol. The van der Waals surface area contributed by atoms with E-state index in [1.807, 2.05) is 0 Å². The summed E-state index contributed by atoms with van der Waals surface area (Å²) in [5.41, 5.74) is 1.34. The zero-order valence-corrected chi connectivity index (χ0v) is 11.8. The summed E-state index contributed by atoms with van der Waals surface area (Å²) in [6.45, 7) is 1.91.